The summed E-state index contributed by atoms with van der Waals surface area (Å²) in [5, 5.41) is 1.86. The fraction of sp³-hybridized carbons (Fsp3) is 0.440. The summed E-state index contributed by atoms with van der Waals surface area (Å²) in [6.45, 7) is 5.87. The lowest BCUT2D eigenvalue weighted by molar-refractivity contribution is -0.137. The van der Waals surface area contributed by atoms with E-state index in [2.05, 4.69) is 28.9 Å². The fourth-order valence-electron chi connectivity index (χ4n) is 4.84. The van der Waals surface area contributed by atoms with E-state index in [1.54, 1.807) is 21.6 Å². The number of rotatable bonds is 6. The monoisotopic (exact) mass is 479 g/mol. The van der Waals surface area contributed by atoms with E-state index in [-0.39, 0.29) is 29.7 Å². The van der Waals surface area contributed by atoms with E-state index >= 15 is 0 Å². The Bertz CT molecular complexity index is 1240. The summed E-state index contributed by atoms with van der Waals surface area (Å²) >= 11 is 1.45. The minimum absolute atomic E-state index is 0.0153. The van der Waals surface area contributed by atoms with Crippen LogP contribution in [0, 0.1) is 5.92 Å². The van der Waals surface area contributed by atoms with Crippen LogP contribution in [0.4, 0.5) is 5.69 Å². The highest BCUT2D eigenvalue weighted by molar-refractivity contribution is 7.15. The molecule has 1 aromatic carbocycles. The molecule has 4 heterocycles. The van der Waals surface area contributed by atoms with Crippen molar-refractivity contribution < 1.29 is 9.59 Å². The number of amides is 2. The summed E-state index contributed by atoms with van der Waals surface area (Å²) in [5.41, 5.74) is 2.83. The minimum Gasteiger partial charge on any atom is -0.340 e. The van der Waals surface area contributed by atoms with Crippen LogP contribution in [-0.2, 0) is 22.6 Å². The number of aromatic nitrogens is 2. The Morgan fingerprint density at radius 1 is 1.12 bits per heavy atom. The molecule has 2 amide bonds. The molecular weight excluding hydrogens is 450 g/mol. The van der Waals surface area contributed by atoms with Gasteiger partial charge in [0.1, 0.15) is 0 Å². The summed E-state index contributed by atoms with van der Waals surface area (Å²) in [5.74, 6) is -0.214. The zero-order valence-electron chi connectivity index (χ0n) is 19.4. The van der Waals surface area contributed by atoms with Gasteiger partial charge in [-0.05, 0) is 24.1 Å². The highest BCUT2D eigenvalue weighted by Gasteiger charge is 2.38. The average molecular weight is 480 g/mol. The van der Waals surface area contributed by atoms with Gasteiger partial charge in [0.15, 0.2) is 4.96 Å². The number of hydrogen-bond donors (Lipinski definition) is 0. The Hall–Kier alpha value is -3.04. The minimum atomic E-state index is -0.294. The van der Waals surface area contributed by atoms with Crippen LogP contribution >= 0.6 is 11.3 Å². The Morgan fingerprint density at radius 3 is 2.62 bits per heavy atom. The van der Waals surface area contributed by atoms with Crippen LogP contribution < -0.4 is 10.5 Å². The first-order chi connectivity index (χ1) is 16.5. The standard InChI is InChI=1S/C25H29N5O3S/c1-2-3-18-4-6-21(7-5-18)30-16-19(14-22(30)31)24(33)28-10-8-27(9-11-28)17-20-15-23(32)29-12-13-34-25(29)26-20/h4-7,12-13,15,19H,2-3,8-11,14,16-17H2,1H3. The molecule has 2 fully saturated rings. The van der Waals surface area contributed by atoms with Crippen molar-refractivity contribution in [2.75, 3.05) is 37.6 Å². The molecule has 9 heteroatoms. The topological polar surface area (TPSA) is 78.2 Å². The third-order valence-electron chi connectivity index (χ3n) is 6.69. The normalized spacial score (nSPS) is 19.3. The summed E-state index contributed by atoms with van der Waals surface area (Å²) < 4.78 is 1.55. The number of thiazole rings is 1. The van der Waals surface area contributed by atoms with Gasteiger partial charge in [0.2, 0.25) is 11.8 Å². The molecule has 0 spiro atoms. The maximum Gasteiger partial charge on any atom is 0.258 e. The highest BCUT2D eigenvalue weighted by Crippen LogP contribution is 2.27. The fourth-order valence-corrected chi connectivity index (χ4v) is 5.57. The van der Waals surface area contributed by atoms with E-state index in [1.807, 2.05) is 22.4 Å². The van der Waals surface area contributed by atoms with Gasteiger partial charge in [0.25, 0.3) is 5.56 Å². The van der Waals surface area contributed by atoms with Crippen LogP contribution in [0.2, 0.25) is 0 Å². The smallest absolute Gasteiger partial charge is 0.258 e. The van der Waals surface area contributed by atoms with Crippen molar-refractivity contribution in [1.82, 2.24) is 19.2 Å². The molecule has 5 rings (SSSR count). The first-order valence-corrected chi connectivity index (χ1v) is 12.8. The predicted molar refractivity (Wildman–Crippen MR) is 132 cm³/mol. The third-order valence-corrected chi connectivity index (χ3v) is 7.44. The van der Waals surface area contributed by atoms with Crippen molar-refractivity contribution >= 4 is 33.8 Å². The van der Waals surface area contributed by atoms with Crippen LogP contribution in [-0.4, -0.2) is 63.7 Å². The SMILES string of the molecule is CCCc1ccc(N2CC(C(=O)N3CCN(Cc4cc(=O)n5ccsc5n4)CC3)CC2=O)cc1. The Balaban J connectivity index is 1.16. The number of hydrogen-bond acceptors (Lipinski definition) is 6. The van der Waals surface area contributed by atoms with Gasteiger partial charge in [-0.3, -0.25) is 23.7 Å². The van der Waals surface area contributed by atoms with Crippen LogP contribution in [0.25, 0.3) is 4.96 Å². The zero-order valence-corrected chi connectivity index (χ0v) is 20.2. The molecule has 1 unspecified atom stereocenters. The van der Waals surface area contributed by atoms with Crippen molar-refractivity contribution in [3.05, 3.63) is 63.5 Å². The van der Waals surface area contributed by atoms with Gasteiger partial charge >= 0.3 is 0 Å². The van der Waals surface area contributed by atoms with Crippen molar-refractivity contribution in [2.24, 2.45) is 5.92 Å². The van der Waals surface area contributed by atoms with E-state index in [1.165, 1.54) is 16.9 Å². The molecule has 178 valence electrons. The van der Waals surface area contributed by atoms with Gasteiger partial charge in [0, 0.05) is 69.0 Å². The number of nitrogens with zero attached hydrogens (tertiary/aromatic N) is 5. The Kier molecular flexibility index (Phi) is 6.47. The van der Waals surface area contributed by atoms with Crippen molar-refractivity contribution in [1.29, 1.82) is 0 Å². The van der Waals surface area contributed by atoms with Crippen LogP contribution in [0.15, 0.2) is 46.7 Å². The van der Waals surface area contributed by atoms with E-state index in [0.717, 1.165) is 37.3 Å². The molecule has 0 N–H and O–H groups in total. The van der Waals surface area contributed by atoms with Crippen molar-refractivity contribution in [3.8, 4) is 0 Å². The summed E-state index contributed by atoms with van der Waals surface area (Å²) in [4.78, 5) is 49.2. The van der Waals surface area contributed by atoms with Gasteiger partial charge in [-0.25, -0.2) is 4.98 Å². The second-order valence-corrected chi connectivity index (χ2v) is 9.94. The molecule has 2 aliphatic heterocycles. The van der Waals surface area contributed by atoms with Crippen LogP contribution in [0.1, 0.15) is 31.0 Å². The van der Waals surface area contributed by atoms with E-state index in [9.17, 15) is 14.4 Å². The number of benzene rings is 1. The van der Waals surface area contributed by atoms with E-state index in [0.29, 0.717) is 31.1 Å². The number of aryl methyl sites for hydroxylation is 1. The molecule has 0 aliphatic carbocycles. The predicted octanol–water partition coefficient (Wildman–Crippen LogP) is 2.41. The lowest BCUT2D eigenvalue weighted by Gasteiger charge is -2.35. The molecule has 2 aromatic heterocycles. The molecule has 34 heavy (non-hydrogen) atoms. The maximum absolute atomic E-state index is 13.2. The lowest BCUT2D eigenvalue weighted by atomic mass is 10.1. The summed E-state index contributed by atoms with van der Waals surface area (Å²) in [7, 11) is 0. The highest BCUT2D eigenvalue weighted by atomic mass is 32.1. The number of carbonyl (C=O) groups is 2. The first kappa shape index (κ1) is 22.7. The number of piperazine rings is 1. The summed E-state index contributed by atoms with van der Waals surface area (Å²) in [6, 6.07) is 9.70. The van der Waals surface area contributed by atoms with E-state index < -0.39 is 0 Å². The van der Waals surface area contributed by atoms with Gasteiger partial charge < -0.3 is 9.80 Å². The average Bonchev–Trinajstić information content (AvgIpc) is 3.47. The summed E-state index contributed by atoms with van der Waals surface area (Å²) in [6.07, 6.45) is 4.12. The maximum atomic E-state index is 13.2. The third kappa shape index (κ3) is 4.63. The molecule has 3 aromatic rings. The Morgan fingerprint density at radius 2 is 1.88 bits per heavy atom. The molecule has 2 aliphatic rings. The van der Waals surface area contributed by atoms with E-state index in [4.69, 9.17) is 0 Å². The number of anilines is 1. The largest absolute Gasteiger partial charge is 0.340 e. The quantitative estimate of drug-likeness (QED) is 0.543. The second kappa shape index (κ2) is 9.68. The van der Waals surface area contributed by atoms with Gasteiger partial charge in [-0.2, -0.15) is 0 Å². The molecule has 2 saturated heterocycles. The first-order valence-electron chi connectivity index (χ1n) is 11.9. The number of fused-ring (bicyclic) bond motifs is 1. The number of carbonyl (C=O) groups excluding carboxylic acids is 2. The van der Waals surface area contributed by atoms with Crippen LogP contribution in [0.5, 0.6) is 0 Å². The lowest BCUT2D eigenvalue weighted by Crippen LogP contribution is -2.50. The zero-order chi connectivity index (χ0) is 23.7. The van der Waals surface area contributed by atoms with Gasteiger partial charge in [0.05, 0.1) is 11.6 Å². The van der Waals surface area contributed by atoms with Gasteiger partial charge in [-0.1, -0.05) is 25.5 Å². The molecule has 0 radical (unpaired) electrons. The van der Waals surface area contributed by atoms with Crippen LogP contribution in [0.3, 0.4) is 0 Å². The molecule has 1 atom stereocenters. The molecule has 8 nitrogen and oxygen atoms in total. The second-order valence-electron chi connectivity index (χ2n) is 9.06. The Labute approximate surface area is 202 Å². The molecule has 0 saturated carbocycles. The van der Waals surface area contributed by atoms with Gasteiger partial charge in [-0.15, -0.1) is 11.3 Å². The molecule has 0 bridgehead atoms. The molecular formula is C25H29N5O3S. The van der Waals surface area contributed by atoms with Crippen molar-refractivity contribution in [3.63, 3.8) is 0 Å². The van der Waals surface area contributed by atoms with Crippen molar-refractivity contribution in [2.45, 2.75) is 32.7 Å².